The summed E-state index contributed by atoms with van der Waals surface area (Å²) >= 11 is -1.89. The Morgan fingerprint density at radius 2 is 1.36 bits per heavy atom. The summed E-state index contributed by atoms with van der Waals surface area (Å²) in [6.07, 6.45) is 5.46. The van der Waals surface area contributed by atoms with Crippen LogP contribution in [0.1, 0.15) is 59.6 Å². The zero-order valence-corrected chi connectivity index (χ0v) is 31.4. The Bertz CT molecular complexity index is 984. The van der Waals surface area contributed by atoms with Gasteiger partial charge < -0.3 is 0 Å². The van der Waals surface area contributed by atoms with Crippen LogP contribution in [0.4, 0.5) is 0 Å². The molecule has 0 bridgehead atoms. The molecule has 202 valence electrons. The van der Waals surface area contributed by atoms with Gasteiger partial charge in [0, 0.05) is 0 Å². The number of hydrogen-bond acceptors (Lipinski definition) is 1. The minimum atomic E-state index is -2.05. The Labute approximate surface area is 236 Å². The molecule has 5 heteroatoms. The number of aryl methyl sites for hydroxylation is 1. The molecule has 0 aliphatic heterocycles. The summed E-state index contributed by atoms with van der Waals surface area (Å²) in [4.78, 5) is 0. The fourth-order valence-electron chi connectivity index (χ4n) is 7.54. The maximum atomic E-state index is 6.45. The first-order valence-corrected chi connectivity index (χ1v) is 27.6. The van der Waals surface area contributed by atoms with E-state index < -0.39 is 45.7 Å². The molecular weight excluding hydrogens is 518 g/mol. The van der Waals surface area contributed by atoms with Crippen molar-refractivity contribution in [2.45, 2.75) is 123 Å². The molecule has 0 amide bonds. The molecule has 0 aromatic heterocycles. The van der Waals surface area contributed by atoms with E-state index >= 15 is 0 Å². The molecule has 1 aliphatic carbocycles. The van der Waals surface area contributed by atoms with Crippen LogP contribution in [-0.4, -0.2) is 31.3 Å². The first-order valence-electron chi connectivity index (χ1n) is 14.4. The van der Waals surface area contributed by atoms with E-state index in [9.17, 15) is 0 Å². The molecule has 0 saturated carbocycles. The topological polar surface area (TPSA) is 9.23 Å². The number of benzene rings is 1. The van der Waals surface area contributed by atoms with E-state index in [4.69, 9.17) is 4.74 Å². The number of hydrogen-bond donors (Lipinski definition) is 0. The van der Waals surface area contributed by atoms with Crippen molar-refractivity contribution in [3.8, 4) is 5.75 Å². The van der Waals surface area contributed by atoms with Crippen molar-refractivity contribution >= 4 is 29.4 Å². The summed E-state index contributed by atoms with van der Waals surface area (Å²) in [6.45, 7) is 35.2. The molecular formula is C31H57OScSi3. The number of methoxy groups -OCH3 is 1. The normalized spacial score (nSPS) is 19.3. The van der Waals surface area contributed by atoms with Crippen LogP contribution in [0.15, 0.2) is 35.4 Å². The summed E-state index contributed by atoms with van der Waals surface area (Å²) in [7, 11) is -2.57. The number of ether oxygens (including phenoxy) is 1. The van der Waals surface area contributed by atoms with Crippen LogP contribution in [0, 0.1) is 6.92 Å². The Kier molecular flexibility index (Phi) is 10.1. The van der Waals surface area contributed by atoms with Gasteiger partial charge in [0.2, 0.25) is 0 Å². The van der Waals surface area contributed by atoms with Gasteiger partial charge in [-0.15, -0.1) is 0 Å². The second-order valence-electron chi connectivity index (χ2n) is 15.2. The molecule has 0 fully saturated rings. The SMILES string of the molecule is CC[Si](CC)(c1cc(C)cc(C(C)(C)C)c1OC)[C]1([Sc]([CH2][Si](C)(C)C)[CH2][Si](C)(C)C)C=C(C)C=C1C. The zero-order valence-electron chi connectivity index (χ0n) is 26.6. The van der Waals surface area contributed by atoms with Crippen molar-refractivity contribution in [3.63, 3.8) is 0 Å². The van der Waals surface area contributed by atoms with E-state index in [1.165, 1.54) is 34.5 Å². The average molecular weight is 575 g/mol. The van der Waals surface area contributed by atoms with E-state index in [0.29, 0.717) is 2.79 Å². The maximum absolute atomic E-state index is 6.45. The summed E-state index contributed by atoms with van der Waals surface area (Å²) in [5.41, 5.74) is 6.11. The van der Waals surface area contributed by atoms with E-state index in [0.717, 1.165) is 0 Å². The van der Waals surface area contributed by atoms with Crippen molar-refractivity contribution in [3.05, 3.63) is 46.6 Å². The monoisotopic (exact) mass is 574 g/mol. The fraction of sp³-hybridized carbons (Fsp3) is 0.677. The third-order valence-corrected chi connectivity index (χ3v) is 41.4. The molecule has 0 N–H and O–H groups in total. The second kappa shape index (κ2) is 11.3. The first kappa shape index (κ1) is 32.2. The van der Waals surface area contributed by atoms with Crippen LogP contribution in [0.2, 0.25) is 61.8 Å². The van der Waals surface area contributed by atoms with E-state index in [-0.39, 0.29) is 5.41 Å². The molecule has 2 rings (SSSR count). The van der Waals surface area contributed by atoms with Gasteiger partial charge in [-0.3, -0.25) is 0 Å². The van der Waals surface area contributed by atoms with Crippen molar-refractivity contribution in [2.24, 2.45) is 0 Å². The van der Waals surface area contributed by atoms with E-state index in [1.807, 2.05) is 7.11 Å². The van der Waals surface area contributed by atoms with Gasteiger partial charge in [0.1, 0.15) is 0 Å². The third-order valence-electron chi connectivity index (χ3n) is 8.67. The Balaban J connectivity index is 3.09. The molecule has 0 spiro atoms. The van der Waals surface area contributed by atoms with Crippen LogP contribution in [0.5, 0.6) is 5.75 Å². The Morgan fingerprint density at radius 3 is 1.69 bits per heavy atom. The zero-order chi connectivity index (χ0) is 27.9. The summed E-state index contributed by atoms with van der Waals surface area (Å²) in [5, 5.41) is 1.63. The molecule has 0 saturated heterocycles. The molecule has 1 nitrogen and oxygen atoms in total. The molecule has 1 unspecified atom stereocenters. The van der Waals surface area contributed by atoms with Gasteiger partial charge in [-0.2, -0.15) is 0 Å². The van der Waals surface area contributed by atoms with Gasteiger partial charge in [0.05, 0.1) is 0 Å². The fourth-order valence-corrected chi connectivity index (χ4v) is 47.5. The summed E-state index contributed by atoms with van der Waals surface area (Å²) in [5.74, 6) is 1.22. The average Bonchev–Trinajstić information content (AvgIpc) is 3.01. The van der Waals surface area contributed by atoms with Crippen LogP contribution in [0.25, 0.3) is 0 Å². The summed E-state index contributed by atoms with van der Waals surface area (Å²) < 4.78 is 9.97. The predicted molar refractivity (Wildman–Crippen MR) is 169 cm³/mol. The quantitative estimate of drug-likeness (QED) is 0.253. The predicted octanol–water partition coefficient (Wildman–Crippen LogP) is 9.81. The first-order chi connectivity index (χ1) is 16.3. The number of rotatable bonds is 10. The summed E-state index contributed by atoms with van der Waals surface area (Å²) in [6, 6.07) is 7.56. The number of allylic oxidation sites excluding steroid dienone is 4. The van der Waals surface area contributed by atoms with Crippen LogP contribution in [0.3, 0.4) is 0 Å². The molecule has 1 aromatic carbocycles. The van der Waals surface area contributed by atoms with Gasteiger partial charge in [0.15, 0.2) is 0 Å². The molecule has 0 radical (unpaired) electrons. The molecule has 0 heterocycles. The van der Waals surface area contributed by atoms with Crippen molar-refractivity contribution in [1.29, 1.82) is 0 Å². The van der Waals surface area contributed by atoms with Gasteiger partial charge in [-0.05, 0) is 0 Å². The standard InChI is InChI=1S/C23H35OSi.2C4H11Si.Sc/c1-10-25(11-2,20-14-16(3)12-18(20)5)21-15-17(4)13-19(22(21)24-9)23(6,7)8;2*1-5(2,3)4;/h12-15H,10-11H2,1-9H3;2*1H2,2-4H3;. The second-order valence-corrected chi connectivity index (χ2v) is 39.6. The van der Waals surface area contributed by atoms with Crippen molar-refractivity contribution < 1.29 is 26.2 Å². The minimum absolute atomic E-state index is 0.0602. The molecule has 1 atom stereocenters. The van der Waals surface area contributed by atoms with Gasteiger partial charge in [-0.25, -0.2) is 0 Å². The van der Waals surface area contributed by atoms with Crippen LogP contribution < -0.4 is 9.92 Å². The van der Waals surface area contributed by atoms with Gasteiger partial charge in [0.25, 0.3) is 0 Å². The molecule has 1 aromatic rings. The molecule has 36 heavy (non-hydrogen) atoms. The molecule has 1 aliphatic rings. The van der Waals surface area contributed by atoms with Gasteiger partial charge >= 0.3 is 238 Å². The van der Waals surface area contributed by atoms with E-state index in [2.05, 4.69) is 119 Å². The Hall–Kier alpha value is 0.0208. The van der Waals surface area contributed by atoms with Crippen LogP contribution in [-0.2, 0) is 26.9 Å². The van der Waals surface area contributed by atoms with Crippen molar-refractivity contribution in [1.82, 2.24) is 0 Å². The van der Waals surface area contributed by atoms with Crippen molar-refractivity contribution in [2.75, 3.05) is 7.11 Å². The third kappa shape index (κ3) is 6.42. The van der Waals surface area contributed by atoms with Gasteiger partial charge in [-0.1, -0.05) is 0 Å². The Morgan fingerprint density at radius 1 is 0.861 bits per heavy atom. The van der Waals surface area contributed by atoms with E-state index in [1.54, 1.807) is 18.4 Å². The van der Waals surface area contributed by atoms with Crippen LogP contribution >= 0.6 is 0 Å².